The minimum absolute atomic E-state index is 0.0103. The smallest absolute Gasteiger partial charge is 0.248 e. The van der Waals surface area contributed by atoms with E-state index < -0.39 is 6.04 Å². The van der Waals surface area contributed by atoms with E-state index in [1.165, 1.54) is 11.3 Å². The highest BCUT2D eigenvalue weighted by Gasteiger charge is 2.35. The molecule has 0 saturated carbocycles. The van der Waals surface area contributed by atoms with Crippen LogP contribution >= 0.6 is 11.3 Å². The van der Waals surface area contributed by atoms with Crippen LogP contribution in [0.4, 0.5) is 0 Å². The molecule has 2 amide bonds. The number of carbonyl (C=O) groups excluding carboxylic acids is 2. The van der Waals surface area contributed by atoms with Crippen LogP contribution in [0.15, 0.2) is 60.0 Å². The normalized spacial score (nSPS) is 15.9. The zero-order chi connectivity index (χ0) is 26.5. The molecule has 5 rings (SSSR count). The van der Waals surface area contributed by atoms with Gasteiger partial charge in [0.15, 0.2) is 0 Å². The summed E-state index contributed by atoms with van der Waals surface area (Å²) in [6.45, 7) is 3.20. The van der Waals surface area contributed by atoms with Gasteiger partial charge in [0, 0.05) is 23.6 Å². The van der Waals surface area contributed by atoms with Crippen molar-refractivity contribution in [3.63, 3.8) is 0 Å². The number of fused-ring (bicyclic) bond motifs is 1. The Bertz CT molecular complexity index is 1410. The van der Waals surface area contributed by atoms with Crippen LogP contribution in [0.5, 0.6) is 5.75 Å². The molecule has 2 aromatic heterocycles. The number of thiophene rings is 1. The Kier molecular flexibility index (Phi) is 8.00. The van der Waals surface area contributed by atoms with Crippen molar-refractivity contribution in [2.75, 3.05) is 20.3 Å². The van der Waals surface area contributed by atoms with Gasteiger partial charge in [-0.05, 0) is 55.0 Å². The first-order chi connectivity index (χ1) is 18.5. The molecule has 4 aromatic rings. The number of nitrogens with zero attached hydrogens (tertiary/aromatic N) is 4. The van der Waals surface area contributed by atoms with E-state index in [9.17, 15) is 9.59 Å². The molecular weight excluding hydrogens is 502 g/mol. The van der Waals surface area contributed by atoms with Crippen LogP contribution in [0.1, 0.15) is 34.9 Å². The molecule has 0 bridgehead atoms. The van der Waals surface area contributed by atoms with Crippen LogP contribution in [-0.4, -0.2) is 58.1 Å². The highest BCUT2D eigenvalue weighted by molar-refractivity contribution is 7.10. The van der Waals surface area contributed by atoms with E-state index >= 15 is 0 Å². The minimum atomic E-state index is -0.830. The first-order valence-electron chi connectivity index (χ1n) is 12.7. The van der Waals surface area contributed by atoms with Crippen LogP contribution in [0.2, 0.25) is 0 Å². The Hall–Kier alpha value is -3.76. The van der Waals surface area contributed by atoms with E-state index in [2.05, 4.69) is 15.6 Å². The molecule has 1 aliphatic rings. The van der Waals surface area contributed by atoms with Crippen molar-refractivity contribution in [1.29, 1.82) is 0 Å². The van der Waals surface area contributed by atoms with Crippen LogP contribution in [0.25, 0.3) is 11.0 Å². The predicted molar refractivity (Wildman–Crippen MR) is 145 cm³/mol. The molecule has 3 heterocycles. The first kappa shape index (κ1) is 25.9. The van der Waals surface area contributed by atoms with Gasteiger partial charge >= 0.3 is 0 Å². The monoisotopic (exact) mass is 533 g/mol. The maximum absolute atomic E-state index is 14.1. The van der Waals surface area contributed by atoms with Crippen molar-refractivity contribution in [3.05, 3.63) is 76.0 Å². The summed E-state index contributed by atoms with van der Waals surface area (Å²) in [6.07, 6.45) is 1.88. The van der Waals surface area contributed by atoms with Gasteiger partial charge in [0.25, 0.3) is 0 Å². The van der Waals surface area contributed by atoms with E-state index in [1.807, 2.05) is 66.9 Å². The maximum atomic E-state index is 14.1. The Morgan fingerprint density at radius 1 is 1.21 bits per heavy atom. The highest BCUT2D eigenvalue weighted by atomic mass is 32.1. The van der Waals surface area contributed by atoms with E-state index in [-0.39, 0.29) is 31.0 Å². The topological polar surface area (TPSA) is 98.6 Å². The average molecular weight is 534 g/mol. The number of hydrogen-bond acceptors (Lipinski definition) is 7. The van der Waals surface area contributed by atoms with Gasteiger partial charge in [0.05, 0.1) is 25.3 Å². The number of benzene rings is 2. The summed E-state index contributed by atoms with van der Waals surface area (Å²) in [5, 5.41) is 13.4. The lowest BCUT2D eigenvalue weighted by atomic mass is 10.1. The van der Waals surface area contributed by atoms with Gasteiger partial charge < -0.3 is 19.7 Å². The van der Waals surface area contributed by atoms with E-state index in [0.29, 0.717) is 24.4 Å². The molecular formula is C28H31N5O4S. The van der Waals surface area contributed by atoms with Crippen molar-refractivity contribution < 1.29 is 19.1 Å². The van der Waals surface area contributed by atoms with Gasteiger partial charge in [-0.2, -0.15) is 0 Å². The van der Waals surface area contributed by atoms with E-state index in [0.717, 1.165) is 34.4 Å². The summed E-state index contributed by atoms with van der Waals surface area (Å²) >= 11 is 1.47. The highest BCUT2D eigenvalue weighted by Crippen LogP contribution is 2.32. The number of methoxy groups -OCH3 is 1. The molecule has 10 heteroatoms. The second-order valence-electron chi connectivity index (χ2n) is 9.32. The summed E-state index contributed by atoms with van der Waals surface area (Å²) < 4.78 is 12.9. The molecule has 1 N–H and O–H groups in total. The molecule has 2 atom stereocenters. The predicted octanol–water partition coefficient (Wildman–Crippen LogP) is 3.88. The molecule has 1 aliphatic heterocycles. The Morgan fingerprint density at radius 2 is 2.03 bits per heavy atom. The molecule has 198 valence electrons. The summed E-state index contributed by atoms with van der Waals surface area (Å²) in [4.78, 5) is 30.3. The van der Waals surface area contributed by atoms with Crippen LogP contribution in [0.3, 0.4) is 0 Å². The number of amides is 2. The third-order valence-electron chi connectivity index (χ3n) is 6.80. The van der Waals surface area contributed by atoms with Gasteiger partial charge in [-0.3, -0.25) is 9.59 Å². The minimum Gasteiger partial charge on any atom is -0.496 e. The fourth-order valence-electron chi connectivity index (χ4n) is 4.78. The molecule has 0 aliphatic carbocycles. The summed E-state index contributed by atoms with van der Waals surface area (Å²) in [5.74, 6) is 0.160. The number of rotatable bonds is 10. The largest absolute Gasteiger partial charge is 0.496 e. The van der Waals surface area contributed by atoms with E-state index in [1.54, 1.807) is 16.7 Å². The molecule has 0 spiro atoms. The average Bonchev–Trinajstić information content (AvgIpc) is 3.70. The number of aromatic nitrogens is 3. The Balaban J connectivity index is 1.51. The molecule has 1 fully saturated rings. The van der Waals surface area contributed by atoms with Crippen molar-refractivity contribution >= 4 is 34.2 Å². The summed E-state index contributed by atoms with van der Waals surface area (Å²) in [6, 6.07) is 16.2. The van der Waals surface area contributed by atoms with Crippen molar-refractivity contribution in [1.82, 2.24) is 25.2 Å². The number of carbonyl (C=O) groups is 2. The number of ether oxygens (including phenoxy) is 2. The fourth-order valence-corrected chi connectivity index (χ4v) is 5.81. The van der Waals surface area contributed by atoms with Crippen molar-refractivity contribution in [3.8, 4) is 5.75 Å². The fraction of sp³-hybridized carbons (Fsp3) is 0.357. The number of aryl methyl sites for hydroxylation is 1. The second-order valence-corrected chi connectivity index (χ2v) is 10.3. The number of hydrogen-bond donors (Lipinski definition) is 1. The molecule has 38 heavy (non-hydrogen) atoms. The number of para-hydroxylation sites is 2. The maximum Gasteiger partial charge on any atom is 0.248 e. The number of nitrogens with one attached hydrogen (secondary N) is 1. The zero-order valence-electron chi connectivity index (χ0n) is 21.5. The quantitative estimate of drug-likeness (QED) is 0.332. The molecule has 2 aromatic carbocycles. The third-order valence-corrected chi connectivity index (χ3v) is 7.87. The SMILES string of the molecule is COc1ccccc1CN(C(=O)Cn1nnc2ccccc21)[C@H](C(=O)NC[C@@H]1CCCO1)c1sccc1C. The zero-order valence-corrected chi connectivity index (χ0v) is 22.3. The van der Waals surface area contributed by atoms with Gasteiger partial charge in [0.2, 0.25) is 11.8 Å². The van der Waals surface area contributed by atoms with Crippen molar-refractivity contribution in [2.24, 2.45) is 0 Å². The second kappa shape index (κ2) is 11.7. The van der Waals surface area contributed by atoms with Crippen molar-refractivity contribution in [2.45, 2.75) is 45.0 Å². The van der Waals surface area contributed by atoms with E-state index in [4.69, 9.17) is 9.47 Å². The Labute approximate surface area is 225 Å². The van der Waals surface area contributed by atoms with Gasteiger partial charge in [0.1, 0.15) is 23.9 Å². The first-order valence-corrected chi connectivity index (χ1v) is 13.6. The van der Waals surface area contributed by atoms with Gasteiger partial charge in [-0.25, -0.2) is 4.68 Å². The lowest BCUT2D eigenvalue weighted by Gasteiger charge is -2.32. The lowest BCUT2D eigenvalue weighted by Crippen LogP contribution is -2.46. The van der Waals surface area contributed by atoms with Crippen LogP contribution in [-0.2, 0) is 27.4 Å². The lowest BCUT2D eigenvalue weighted by molar-refractivity contribution is -0.142. The van der Waals surface area contributed by atoms with Crippen LogP contribution in [0, 0.1) is 6.92 Å². The van der Waals surface area contributed by atoms with Gasteiger partial charge in [-0.1, -0.05) is 35.5 Å². The molecule has 0 unspecified atom stereocenters. The van der Waals surface area contributed by atoms with Crippen LogP contribution < -0.4 is 10.1 Å². The standard InChI is InChI=1S/C28H31N5O4S/c1-19-13-15-38-27(19)26(28(35)29-16-21-9-7-14-37-21)32(17-20-8-3-6-12-24(20)36-2)25(34)18-33-23-11-5-4-10-22(23)30-31-33/h3-6,8,10-13,15,21,26H,7,9,14,16-18H2,1-2H3,(H,29,35)/t21-,26-/m0/s1. The molecule has 0 radical (unpaired) electrons. The molecule has 9 nitrogen and oxygen atoms in total. The summed E-state index contributed by atoms with van der Waals surface area (Å²) in [7, 11) is 1.60. The Morgan fingerprint density at radius 3 is 2.79 bits per heavy atom. The summed E-state index contributed by atoms with van der Waals surface area (Å²) in [5.41, 5.74) is 3.22. The van der Waals surface area contributed by atoms with Gasteiger partial charge in [-0.15, -0.1) is 16.4 Å². The molecule has 1 saturated heterocycles. The third kappa shape index (κ3) is 5.56.